The monoisotopic (exact) mass is 391 g/mol. The van der Waals surface area contributed by atoms with E-state index in [1.165, 1.54) is 37.7 Å². The number of phenolic OH excluding ortho intramolecular Hbond substituents is 1. The molecule has 29 heavy (non-hydrogen) atoms. The van der Waals surface area contributed by atoms with Gasteiger partial charge >= 0.3 is 0 Å². The van der Waals surface area contributed by atoms with Gasteiger partial charge in [0.05, 0.1) is 5.69 Å². The zero-order chi connectivity index (χ0) is 20.0. The van der Waals surface area contributed by atoms with Gasteiger partial charge in [0.25, 0.3) is 0 Å². The van der Waals surface area contributed by atoms with Crippen molar-refractivity contribution in [2.75, 3.05) is 7.05 Å². The first kappa shape index (κ1) is 18.6. The molecule has 2 aliphatic heterocycles. The standard InChI is InChI=1S/C23H29N5O/c1-14-22-16(13-24-17-11-18-4-3-5-19(12-17)28(18)2)10-21(25-23(22)27-26-14)15-6-8-20(29)9-7-15/h6-10,17-19,24,29H,3-5,11-13H2,1-2H3,(H,25,26,27). The molecule has 4 heterocycles. The second-order valence-corrected chi connectivity index (χ2v) is 8.71. The number of rotatable bonds is 4. The first-order valence-corrected chi connectivity index (χ1v) is 10.7. The molecule has 3 aromatic rings. The molecule has 6 nitrogen and oxygen atoms in total. The molecule has 0 amide bonds. The van der Waals surface area contributed by atoms with Gasteiger partial charge in [-0.05, 0) is 75.5 Å². The van der Waals surface area contributed by atoms with Crippen molar-refractivity contribution in [2.24, 2.45) is 0 Å². The zero-order valence-electron chi connectivity index (χ0n) is 17.2. The average molecular weight is 392 g/mol. The number of phenols is 1. The quantitative estimate of drug-likeness (QED) is 0.631. The van der Waals surface area contributed by atoms with Gasteiger partial charge in [-0.1, -0.05) is 6.42 Å². The summed E-state index contributed by atoms with van der Waals surface area (Å²) >= 11 is 0. The Bertz CT molecular complexity index is 998. The number of nitrogens with one attached hydrogen (secondary N) is 2. The summed E-state index contributed by atoms with van der Waals surface area (Å²) in [6, 6.07) is 11.4. The lowest BCUT2D eigenvalue weighted by Crippen LogP contribution is -2.54. The Kier molecular flexibility index (Phi) is 4.76. The molecule has 0 spiro atoms. The molecule has 1 aromatic carbocycles. The van der Waals surface area contributed by atoms with E-state index in [-0.39, 0.29) is 5.75 Å². The molecule has 0 aliphatic carbocycles. The zero-order valence-corrected chi connectivity index (χ0v) is 17.2. The summed E-state index contributed by atoms with van der Waals surface area (Å²) in [5.74, 6) is 0.264. The van der Waals surface area contributed by atoms with Crippen LogP contribution in [-0.2, 0) is 6.54 Å². The third kappa shape index (κ3) is 3.51. The van der Waals surface area contributed by atoms with Crippen LogP contribution in [-0.4, -0.2) is 50.4 Å². The summed E-state index contributed by atoms with van der Waals surface area (Å²) in [4.78, 5) is 7.36. The number of aryl methyl sites for hydroxylation is 1. The van der Waals surface area contributed by atoms with E-state index >= 15 is 0 Å². The number of aromatic nitrogens is 3. The first-order valence-electron chi connectivity index (χ1n) is 10.7. The number of piperidine rings is 2. The summed E-state index contributed by atoms with van der Waals surface area (Å²) in [6.45, 7) is 2.87. The van der Waals surface area contributed by atoms with Crippen LogP contribution in [0.2, 0.25) is 0 Å². The number of aromatic amines is 1. The van der Waals surface area contributed by atoms with Crippen LogP contribution in [0, 0.1) is 6.92 Å². The fourth-order valence-corrected chi connectivity index (χ4v) is 5.22. The van der Waals surface area contributed by atoms with Gasteiger partial charge in [-0.2, -0.15) is 5.10 Å². The number of H-pyrrole nitrogens is 1. The maximum Gasteiger partial charge on any atom is 0.182 e. The lowest BCUT2D eigenvalue weighted by molar-refractivity contribution is 0.0482. The van der Waals surface area contributed by atoms with E-state index in [0.717, 1.165) is 46.6 Å². The highest BCUT2D eigenvalue weighted by molar-refractivity contribution is 5.84. The van der Waals surface area contributed by atoms with Gasteiger partial charge in [-0.3, -0.25) is 5.10 Å². The van der Waals surface area contributed by atoms with E-state index in [9.17, 15) is 5.11 Å². The van der Waals surface area contributed by atoms with Crippen LogP contribution in [0.4, 0.5) is 0 Å². The fourth-order valence-electron chi connectivity index (χ4n) is 5.22. The minimum Gasteiger partial charge on any atom is -0.508 e. The molecule has 0 radical (unpaired) electrons. The van der Waals surface area contributed by atoms with Gasteiger partial charge in [0.1, 0.15) is 5.75 Å². The Morgan fingerprint density at radius 1 is 1.17 bits per heavy atom. The number of hydrogen-bond donors (Lipinski definition) is 3. The summed E-state index contributed by atoms with van der Waals surface area (Å²) in [5, 5.41) is 22.1. The third-order valence-electron chi connectivity index (χ3n) is 6.87. The minimum atomic E-state index is 0.264. The number of benzene rings is 1. The van der Waals surface area contributed by atoms with Gasteiger partial charge in [-0.25, -0.2) is 4.98 Å². The Balaban J connectivity index is 1.41. The van der Waals surface area contributed by atoms with Gasteiger partial charge in [-0.15, -0.1) is 0 Å². The highest BCUT2D eigenvalue weighted by atomic mass is 16.3. The Labute approximate surface area is 171 Å². The first-order chi connectivity index (χ1) is 14.1. The lowest BCUT2D eigenvalue weighted by Gasteiger charge is -2.47. The normalized spacial score (nSPS) is 24.8. The third-order valence-corrected chi connectivity index (χ3v) is 6.87. The van der Waals surface area contributed by atoms with Crippen molar-refractivity contribution in [3.8, 4) is 17.0 Å². The minimum absolute atomic E-state index is 0.264. The van der Waals surface area contributed by atoms with Crippen LogP contribution in [0.3, 0.4) is 0 Å². The Morgan fingerprint density at radius 2 is 1.90 bits per heavy atom. The maximum atomic E-state index is 9.60. The number of hydrogen-bond acceptors (Lipinski definition) is 5. The molecule has 6 heteroatoms. The Morgan fingerprint density at radius 3 is 2.62 bits per heavy atom. The van der Waals surface area contributed by atoms with Gasteiger partial charge in [0.15, 0.2) is 5.65 Å². The maximum absolute atomic E-state index is 9.60. The molecule has 2 unspecified atom stereocenters. The number of nitrogens with zero attached hydrogens (tertiary/aromatic N) is 3. The Hall–Kier alpha value is -2.44. The van der Waals surface area contributed by atoms with Crippen LogP contribution in [0.1, 0.15) is 43.4 Å². The molecular formula is C23H29N5O. The van der Waals surface area contributed by atoms with Crippen molar-refractivity contribution in [1.29, 1.82) is 0 Å². The molecule has 3 N–H and O–H groups in total. The van der Waals surface area contributed by atoms with E-state index in [1.54, 1.807) is 12.1 Å². The second kappa shape index (κ2) is 7.43. The van der Waals surface area contributed by atoms with Gasteiger partial charge in [0.2, 0.25) is 0 Å². The van der Waals surface area contributed by atoms with Gasteiger partial charge in [0, 0.05) is 41.3 Å². The van der Waals surface area contributed by atoms with Crippen LogP contribution in [0.25, 0.3) is 22.3 Å². The van der Waals surface area contributed by atoms with E-state index in [4.69, 9.17) is 4.98 Å². The SMILES string of the molecule is Cc1[nH]nc2nc(-c3ccc(O)cc3)cc(CNC3CC4CCCC(C3)N4C)c12. The fraction of sp³-hybridized carbons (Fsp3) is 0.478. The highest BCUT2D eigenvalue weighted by Crippen LogP contribution is 2.33. The van der Waals surface area contributed by atoms with Crippen molar-refractivity contribution in [2.45, 2.75) is 63.7 Å². The van der Waals surface area contributed by atoms with Gasteiger partial charge < -0.3 is 15.3 Å². The molecule has 152 valence electrons. The topological polar surface area (TPSA) is 77.1 Å². The average Bonchev–Trinajstić information content (AvgIpc) is 3.08. The lowest BCUT2D eigenvalue weighted by atomic mass is 9.82. The predicted octanol–water partition coefficient (Wildman–Crippen LogP) is 3.74. The molecule has 2 aromatic heterocycles. The molecule has 2 aliphatic rings. The van der Waals surface area contributed by atoms with Crippen LogP contribution in [0.15, 0.2) is 30.3 Å². The molecule has 2 fully saturated rings. The largest absolute Gasteiger partial charge is 0.508 e. The van der Waals surface area contributed by atoms with Crippen LogP contribution < -0.4 is 5.32 Å². The van der Waals surface area contributed by atoms with Crippen molar-refractivity contribution in [3.63, 3.8) is 0 Å². The molecular weight excluding hydrogens is 362 g/mol. The van der Waals surface area contributed by atoms with E-state index in [0.29, 0.717) is 6.04 Å². The van der Waals surface area contributed by atoms with Crippen molar-refractivity contribution in [1.82, 2.24) is 25.4 Å². The molecule has 2 atom stereocenters. The smallest absolute Gasteiger partial charge is 0.182 e. The van der Waals surface area contributed by atoms with Crippen molar-refractivity contribution >= 4 is 11.0 Å². The summed E-state index contributed by atoms with van der Waals surface area (Å²) in [7, 11) is 2.30. The summed E-state index contributed by atoms with van der Waals surface area (Å²) < 4.78 is 0. The summed E-state index contributed by atoms with van der Waals surface area (Å²) in [6.07, 6.45) is 6.50. The molecule has 2 saturated heterocycles. The number of aromatic hydroxyl groups is 1. The van der Waals surface area contributed by atoms with Crippen molar-refractivity contribution in [3.05, 3.63) is 41.6 Å². The number of fused-ring (bicyclic) bond motifs is 3. The van der Waals surface area contributed by atoms with E-state index < -0.39 is 0 Å². The molecule has 0 saturated carbocycles. The second-order valence-electron chi connectivity index (χ2n) is 8.71. The van der Waals surface area contributed by atoms with E-state index in [1.807, 2.05) is 12.1 Å². The molecule has 5 rings (SSSR count). The summed E-state index contributed by atoms with van der Waals surface area (Å²) in [5.41, 5.74) is 4.92. The van der Waals surface area contributed by atoms with E-state index in [2.05, 4.69) is 40.5 Å². The predicted molar refractivity (Wildman–Crippen MR) is 115 cm³/mol. The van der Waals surface area contributed by atoms with Crippen LogP contribution >= 0.6 is 0 Å². The van der Waals surface area contributed by atoms with Crippen LogP contribution in [0.5, 0.6) is 5.75 Å². The highest BCUT2D eigenvalue weighted by Gasteiger charge is 2.35. The number of pyridine rings is 1. The molecule has 2 bridgehead atoms. The van der Waals surface area contributed by atoms with Crippen molar-refractivity contribution < 1.29 is 5.11 Å².